The maximum Gasteiger partial charge on any atom is 0.255 e. The van der Waals surface area contributed by atoms with Crippen LogP contribution in [0.25, 0.3) is 0 Å². The van der Waals surface area contributed by atoms with Crippen LogP contribution in [0.3, 0.4) is 0 Å². The van der Waals surface area contributed by atoms with Crippen LogP contribution in [-0.4, -0.2) is 48.3 Å². The third-order valence-corrected chi connectivity index (χ3v) is 4.48. The summed E-state index contributed by atoms with van der Waals surface area (Å²) in [5.74, 6) is 0.0463. The molecule has 1 saturated heterocycles. The first-order valence-electron chi connectivity index (χ1n) is 6.58. The SMILES string of the molecule is O=C(c1ccc(Br)cc1Br)N1CCC(OCCO)CC1. The molecule has 0 atom stereocenters. The molecule has 4 nitrogen and oxygen atoms in total. The van der Waals surface area contributed by atoms with Crippen molar-refractivity contribution in [1.29, 1.82) is 0 Å². The van der Waals surface area contributed by atoms with Gasteiger partial charge in [0.25, 0.3) is 5.91 Å². The summed E-state index contributed by atoms with van der Waals surface area (Å²) in [6.07, 6.45) is 1.79. The van der Waals surface area contributed by atoms with Crippen LogP contribution in [0.5, 0.6) is 0 Å². The third kappa shape index (κ3) is 4.04. The number of hydrogen-bond acceptors (Lipinski definition) is 3. The average Bonchev–Trinajstić information content (AvgIpc) is 2.45. The van der Waals surface area contributed by atoms with Crippen molar-refractivity contribution in [2.45, 2.75) is 18.9 Å². The lowest BCUT2D eigenvalue weighted by Gasteiger charge is -2.32. The molecule has 0 saturated carbocycles. The number of hydrogen-bond donors (Lipinski definition) is 1. The van der Waals surface area contributed by atoms with E-state index in [0.29, 0.717) is 25.3 Å². The van der Waals surface area contributed by atoms with Gasteiger partial charge in [-0.15, -0.1) is 0 Å². The fourth-order valence-electron chi connectivity index (χ4n) is 2.28. The number of halogens is 2. The lowest BCUT2D eigenvalue weighted by atomic mass is 10.1. The predicted molar refractivity (Wildman–Crippen MR) is 83.8 cm³/mol. The van der Waals surface area contributed by atoms with Gasteiger partial charge in [-0.05, 0) is 47.0 Å². The molecule has 1 heterocycles. The van der Waals surface area contributed by atoms with E-state index >= 15 is 0 Å². The van der Waals surface area contributed by atoms with Gasteiger partial charge in [-0.2, -0.15) is 0 Å². The van der Waals surface area contributed by atoms with Gasteiger partial charge < -0.3 is 14.7 Å². The Bertz CT molecular complexity index is 473. The van der Waals surface area contributed by atoms with E-state index in [1.165, 1.54) is 0 Å². The molecule has 0 spiro atoms. The van der Waals surface area contributed by atoms with Gasteiger partial charge in [-0.1, -0.05) is 15.9 Å². The Kier molecular flexibility index (Phi) is 6.01. The Morgan fingerprint density at radius 2 is 2.05 bits per heavy atom. The number of ether oxygens (including phenoxy) is 1. The molecule has 0 bridgehead atoms. The first-order chi connectivity index (χ1) is 9.61. The third-order valence-electron chi connectivity index (χ3n) is 3.34. The van der Waals surface area contributed by atoms with Crippen LogP contribution in [0.2, 0.25) is 0 Å². The van der Waals surface area contributed by atoms with Crippen LogP contribution in [0.1, 0.15) is 23.2 Å². The smallest absolute Gasteiger partial charge is 0.255 e. The Morgan fingerprint density at radius 3 is 2.65 bits per heavy atom. The summed E-state index contributed by atoms with van der Waals surface area (Å²) in [4.78, 5) is 14.3. The Hall–Kier alpha value is -0.430. The van der Waals surface area contributed by atoms with Crippen molar-refractivity contribution in [2.75, 3.05) is 26.3 Å². The van der Waals surface area contributed by atoms with E-state index in [9.17, 15) is 4.79 Å². The first kappa shape index (κ1) is 15.9. The molecule has 1 aromatic carbocycles. The quantitative estimate of drug-likeness (QED) is 0.836. The second kappa shape index (κ2) is 7.54. The normalized spacial score (nSPS) is 16.4. The highest BCUT2D eigenvalue weighted by Gasteiger charge is 2.25. The molecule has 20 heavy (non-hydrogen) atoms. The number of aliphatic hydroxyl groups is 1. The number of nitrogens with zero attached hydrogens (tertiary/aromatic N) is 1. The minimum Gasteiger partial charge on any atom is -0.394 e. The average molecular weight is 407 g/mol. The van der Waals surface area contributed by atoms with Gasteiger partial charge in [0.1, 0.15) is 0 Å². The van der Waals surface area contributed by atoms with Crippen LogP contribution in [0, 0.1) is 0 Å². The lowest BCUT2D eigenvalue weighted by Crippen LogP contribution is -2.41. The molecule has 6 heteroatoms. The monoisotopic (exact) mass is 405 g/mol. The van der Waals surface area contributed by atoms with Crippen molar-refractivity contribution in [2.24, 2.45) is 0 Å². The van der Waals surface area contributed by atoms with Crippen LogP contribution in [-0.2, 0) is 4.74 Å². The second-order valence-corrected chi connectivity index (χ2v) is 6.48. The molecular weight excluding hydrogens is 390 g/mol. The number of piperidine rings is 1. The topological polar surface area (TPSA) is 49.8 Å². The number of carbonyl (C=O) groups is 1. The molecule has 0 aliphatic carbocycles. The summed E-state index contributed by atoms with van der Waals surface area (Å²) in [6.45, 7) is 1.80. The van der Waals surface area contributed by atoms with E-state index in [1.54, 1.807) is 0 Å². The van der Waals surface area contributed by atoms with Gasteiger partial charge in [-0.3, -0.25) is 4.79 Å². The van der Waals surface area contributed by atoms with Crippen LogP contribution < -0.4 is 0 Å². The predicted octanol–water partition coefficient (Wildman–Crippen LogP) is 2.83. The van der Waals surface area contributed by atoms with E-state index in [4.69, 9.17) is 9.84 Å². The van der Waals surface area contributed by atoms with E-state index in [2.05, 4.69) is 31.9 Å². The summed E-state index contributed by atoms with van der Waals surface area (Å²) in [5.41, 5.74) is 0.683. The number of carbonyl (C=O) groups excluding carboxylic acids is 1. The van der Waals surface area contributed by atoms with E-state index in [-0.39, 0.29) is 18.6 Å². The molecule has 1 fully saturated rings. The van der Waals surface area contributed by atoms with Crippen molar-refractivity contribution in [1.82, 2.24) is 4.90 Å². The minimum atomic E-state index is 0.0463. The van der Waals surface area contributed by atoms with Crippen molar-refractivity contribution in [3.63, 3.8) is 0 Å². The van der Waals surface area contributed by atoms with Gasteiger partial charge >= 0.3 is 0 Å². The largest absolute Gasteiger partial charge is 0.394 e. The summed E-state index contributed by atoms with van der Waals surface area (Å²) >= 11 is 6.81. The molecule has 0 aromatic heterocycles. The zero-order chi connectivity index (χ0) is 14.5. The number of likely N-dealkylation sites (tertiary alicyclic amines) is 1. The summed E-state index contributed by atoms with van der Waals surface area (Å²) in [7, 11) is 0. The van der Waals surface area contributed by atoms with Gasteiger partial charge in [0, 0.05) is 22.0 Å². The molecule has 1 aromatic rings. The maximum atomic E-state index is 12.5. The highest BCUT2D eigenvalue weighted by atomic mass is 79.9. The zero-order valence-corrected chi connectivity index (χ0v) is 14.2. The van der Waals surface area contributed by atoms with Crippen molar-refractivity contribution < 1.29 is 14.6 Å². The minimum absolute atomic E-state index is 0.0463. The fraction of sp³-hybridized carbons (Fsp3) is 0.500. The lowest BCUT2D eigenvalue weighted by molar-refractivity contribution is -0.00555. The van der Waals surface area contributed by atoms with E-state index in [1.807, 2.05) is 23.1 Å². The summed E-state index contributed by atoms with van der Waals surface area (Å²) in [5, 5.41) is 8.74. The highest BCUT2D eigenvalue weighted by molar-refractivity contribution is 9.11. The Labute approximate surface area is 135 Å². The highest BCUT2D eigenvalue weighted by Crippen LogP contribution is 2.24. The Morgan fingerprint density at radius 1 is 1.35 bits per heavy atom. The van der Waals surface area contributed by atoms with Gasteiger partial charge in [0.2, 0.25) is 0 Å². The standard InChI is InChI=1S/C14H17Br2NO3/c15-10-1-2-12(13(16)9-10)14(19)17-5-3-11(4-6-17)20-8-7-18/h1-2,9,11,18H,3-8H2. The van der Waals surface area contributed by atoms with E-state index < -0.39 is 0 Å². The Balaban J connectivity index is 1.94. The van der Waals surface area contributed by atoms with Crippen LogP contribution in [0.4, 0.5) is 0 Å². The number of amides is 1. The number of benzene rings is 1. The molecule has 1 amide bonds. The first-order valence-corrected chi connectivity index (χ1v) is 8.17. The molecule has 110 valence electrons. The van der Waals surface area contributed by atoms with Crippen LogP contribution in [0.15, 0.2) is 27.1 Å². The molecule has 1 N–H and O–H groups in total. The fourth-order valence-corrected chi connectivity index (χ4v) is 3.49. The van der Waals surface area contributed by atoms with Gasteiger partial charge in [0.15, 0.2) is 0 Å². The van der Waals surface area contributed by atoms with Crippen molar-refractivity contribution >= 4 is 37.8 Å². The molecule has 2 rings (SSSR count). The maximum absolute atomic E-state index is 12.5. The summed E-state index contributed by atoms with van der Waals surface area (Å²) in [6, 6.07) is 5.57. The number of rotatable bonds is 4. The molecular formula is C14H17Br2NO3. The molecule has 1 aliphatic heterocycles. The zero-order valence-electron chi connectivity index (χ0n) is 11.0. The van der Waals surface area contributed by atoms with E-state index in [0.717, 1.165) is 21.8 Å². The van der Waals surface area contributed by atoms with Crippen LogP contribution >= 0.6 is 31.9 Å². The van der Waals surface area contributed by atoms with Crippen molar-refractivity contribution in [3.05, 3.63) is 32.7 Å². The number of aliphatic hydroxyl groups excluding tert-OH is 1. The second-order valence-electron chi connectivity index (χ2n) is 4.71. The molecule has 0 radical (unpaired) electrons. The van der Waals surface area contributed by atoms with Gasteiger partial charge in [0.05, 0.1) is 24.9 Å². The summed E-state index contributed by atoms with van der Waals surface area (Å²) < 4.78 is 7.25. The molecule has 0 unspecified atom stereocenters. The van der Waals surface area contributed by atoms with Crippen molar-refractivity contribution in [3.8, 4) is 0 Å². The van der Waals surface area contributed by atoms with Gasteiger partial charge in [-0.25, -0.2) is 0 Å². The molecule has 1 aliphatic rings.